The minimum Gasteiger partial charge on any atom is -0.468 e. The van der Waals surface area contributed by atoms with Crippen molar-refractivity contribution in [1.82, 2.24) is 4.90 Å². The van der Waals surface area contributed by atoms with E-state index in [0.717, 1.165) is 0 Å². The molecule has 1 aliphatic rings. The van der Waals surface area contributed by atoms with E-state index in [2.05, 4.69) is 4.74 Å². The van der Waals surface area contributed by atoms with Gasteiger partial charge in [-0.3, -0.25) is 9.59 Å². The molecule has 0 radical (unpaired) electrons. The van der Waals surface area contributed by atoms with Crippen molar-refractivity contribution in [2.75, 3.05) is 33.5 Å². The van der Waals surface area contributed by atoms with Crippen molar-refractivity contribution in [3.8, 4) is 0 Å². The Morgan fingerprint density at radius 2 is 2.12 bits per heavy atom. The zero-order chi connectivity index (χ0) is 12.8. The molecule has 1 rings (SSSR count). The molecule has 1 aliphatic heterocycles. The first-order chi connectivity index (χ1) is 8.06. The molecule has 6 nitrogen and oxygen atoms in total. The third kappa shape index (κ3) is 3.98. The lowest BCUT2D eigenvalue weighted by Crippen LogP contribution is -2.49. The SMILES string of the molecule is COC(=O)CN(C(=O)C1COCCO1)C(C)C. The van der Waals surface area contributed by atoms with Crippen LogP contribution in [0.3, 0.4) is 0 Å². The van der Waals surface area contributed by atoms with Crippen molar-refractivity contribution >= 4 is 11.9 Å². The molecular weight excluding hydrogens is 226 g/mol. The van der Waals surface area contributed by atoms with Gasteiger partial charge in [0.1, 0.15) is 6.54 Å². The molecule has 1 heterocycles. The lowest BCUT2D eigenvalue weighted by molar-refractivity contribution is -0.163. The molecule has 0 aromatic carbocycles. The zero-order valence-electron chi connectivity index (χ0n) is 10.5. The molecule has 0 spiro atoms. The third-order valence-corrected chi connectivity index (χ3v) is 2.52. The van der Waals surface area contributed by atoms with Gasteiger partial charge in [-0.25, -0.2) is 0 Å². The minimum atomic E-state index is -0.615. The van der Waals surface area contributed by atoms with Gasteiger partial charge in [0.15, 0.2) is 6.10 Å². The summed E-state index contributed by atoms with van der Waals surface area (Å²) >= 11 is 0. The Morgan fingerprint density at radius 3 is 2.59 bits per heavy atom. The molecule has 1 unspecified atom stereocenters. The van der Waals surface area contributed by atoms with E-state index in [9.17, 15) is 9.59 Å². The molecule has 1 atom stereocenters. The predicted octanol–water partition coefficient (Wildman–Crippen LogP) is -0.188. The summed E-state index contributed by atoms with van der Waals surface area (Å²) in [6.45, 7) is 4.76. The van der Waals surface area contributed by atoms with Crippen LogP contribution in [-0.4, -0.2) is 62.4 Å². The van der Waals surface area contributed by atoms with Gasteiger partial charge in [0.05, 0.1) is 26.9 Å². The van der Waals surface area contributed by atoms with E-state index in [1.165, 1.54) is 12.0 Å². The van der Waals surface area contributed by atoms with Crippen LogP contribution < -0.4 is 0 Å². The summed E-state index contributed by atoms with van der Waals surface area (Å²) in [4.78, 5) is 24.8. The summed E-state index contributed by atoms with van der Waals surface area (Å²) in [7, 11) is 1.30. The van der Waals surface area contributed by atoms with Crippen molar-refractivity contribution in [3.63, 3.8) is 0 Å². The van der Waals surface area contributed by atoms with Crippen molar-refractivity contribution in [1.29, 1.82) is 0 Å². The van der Waals surface area contributed by atoms with Gasteiger partial charge in [-0.05, 0) is 13.8 Å². The molecule has 0 aromatic rings. The number of amides is 1. The molecule has 0 aromatic heterocycles. The highest BCUT2D eigenvalue weighted by molar-refractivity contribution is 5.85. The number of nitrogens with zero attached hydrogens (tertiary/aromatic N) is 1. The van der Waals surface area contributed by atoms with Gasteiger partial charge in [-0.2, -0.15) is 0 Å². The van der Waals surface area contributed by atoms with Gasteiger partial charge in [-0.1, -0.05) is 0 Å². The largest absolute Gasteiger partial charge is 0.468 e. The molecule has 6 heteroatoms. The monoisotopic (exact) mass is 245 g/mol. The molecule has 1 fully saturated rings. The minimum absolute atomic E-state index is 0.0626. The Bertz CT molecular complexity index is 273. The maximum Gasteiger partial charge on any atom is 0.325 e. The summed E-state index contributed by atoms with van der Waals surface area (Å²) in [6, 6.07) is -0.0906. The first-order valence-electron chi connectivity index (χ1n) is 5.63. The molecule has 0 bridgehead atoms. The molecule has 0 aliphatic carbocycles. The van der Waals surface area contributed by atoms with E-state index < -0.39 is 12.1 Å². The first-order valence-corrected chi connectivity index (χ1v) is 5.63. The van der Waals surface area contributed by atoms with Crippen LogP contribution in [0.5, 0.6) is 0 Å². The number of hydrogen-bond acceptors (Lipinski definition) is 5. The van der Waals surface area contributed by atoms with Gasteiger partial charge in [0.25, 0.3) is 5.91 Å². The molecule has 98 valence electrons. The Labute approximate surface area is 101 Å². The average Bonchev–Trinajstić information content (AvgIpc) is 2.35. The Balaban J connectivity index is 2.62. The van der Waals surface area contributed by atoms with Crippen LogP contribution in [0.1, 0.15) is 13.8 Å². The number of hydrogen-bond donors (Lipinski definition) is 0. The zero-order valence-corrected chi connectivity index (χ0v) is 10.5. The second-order valence-electron chi connectivity index (χ2n) is 4.07. The van der Waals surface area contributed by atoms with Crippen molar-refractivity contribution in [2.45, 2.75) is 26.0 Å². The lowest BCUT2D eigenvalue weighted by Gasteiger charge is -2.31. The maximum atomic E-state index is 12.1. The van der Waals surface area contributed by atoms with Crippen LogP contribution in [0.15, 0.2) is 0 Å². The normalized spacial score (nSPS) is 20.1. The fraction of sp³-hybridized carbons (Fsp3) is 0.818. The first kappa shape index (κ1) is 13.9. The number of methoxy groups -OCH3 is 1. The Morgan fingerprint density at radius 1 is 1.41 bits per heavy atom. The third-order valence-electron chi connectivity index (χ3n) is 2.52. The summed E-state index contributed by atoms with van der Waals surface area (Å²) in [5, 5.41) is 0. The number of ether oxygens (including phenoxy) is 3. The van der Waals surface area contributed by atoms with E-state index in [-0.39, 0.29) is 25.1 Å². The topological polar surface area (TPSA) is 65.1 Å². The molecule has 0 N–H and O–H groups in total. The van der Waals surface area contributed by atoms with Crippen molar-refractivity contribution < 1.29 is 23.8 Å². The number of esters is 1. The smallest absolute Gasteiger partial charge is 0.325 e. The van der Waals surface area contributed by atoms with E-state index in [1.807, 2.05) is 13.8 Å². The second-order valence-corrected chi connectivity index (χ2v) is 4.07. The van der Waals surface area contributed by atoms with E-state index in [1.54, 1.807) is 0 Å². The van der Waals surface area contributed by atoms with Crippen LogP contribution in [0.2, 0.25) is 0 Å². The van der Waals surface area contributed by atoms with E-state index in [4.69, 9.17) is 9.47 Å². The fourth-order valence-corrected chi connectivity index (χ4v) is 1.53. The highest BCUT2D eigenvalue weighted by Gasteiger charge is 2.30. The van der Waals surface area contributed by atoms with Crippen LogP contribution in [0, 0.1) is 0 Å². The van der Waals surface area contributed by atoms with Crippen LogP contribution in [0.4, 0.5) is 0 Å². The molecular formula is C11H19NO5. The van der Waals surface area contributed by atoms with Crippen LogP contribution >= 0.6 is 0 Å². The van der Waals surface area contributed by atoms with Crippen molar-refractivity contribution in [2.24, 2.45) is 0 Å². The average molecular weight is 245 g/mol. The van der Waals surface area contributed by atoms with Crippen molar-refractivity contribution in [3.05, 3.63) is 0 Å². The summed E-state index contributed by atoms with van der Waals surface area (Å²) in [6.07, 6.45) is -0.615. The maximum absolute atomic E-state index is 12.1. The summed E-state index contributed by atoms with van der Waals surface area (Å²) in [5.41, 5.74) is 0. The van der Waals surface area contributed by atoms with Gasteiger partial charge in [-0.15, -0.1) is 0 Å². The standard InChI is InChI=1S/C11H19NO5/c1-8(2)12(6-10(13)15-3)11(14)9-7-16-4-5-17-9/h8-9H,4-7H2,1-3H3. The predicted molar refractivity (Wildman–Crippen MR) is 59.4 cm³/mol. The van der Waals surface area contributed by atoms with Gasteiger partial charge >= 0.3 is 5.97 Å². The van der Waals surface area contributed by atoms with Crippen LogP contribution in [-0.2, 0) is 23.8 Å². The molecule has 1 amide bonds. The second kappa shape index (κ2) is 6.56. The van der Waals surface area contributed by atoms with E-state index >= 15 is 0 Å². The molecule has 0 saturated carbocycles. The van der Waals surface area contributed by atoms with E-state index in [0.29, 0.717) is 13.2 Å². The highest BCUT2D eigenvalue weighted by atomic mass is 16.6. The number of rotatable bonds is 4. The quantitative estimate of drug-likeness (QED) is 0.642. The molecule has 1 saturated heterocycles. The number of carbonyl (C=O) groups excluding carboxylic acids is 2. The highest BCUT2D eigenvalue weighted by Crippen LogP contribution is 2.08. The number of carbonyl (C=O) groups is 2. The van der Waals surface area contributed by atoms with Crippen LogP contribution in [0.25, 0.3) is 0 Å². The molecule has 17 heavy (non-hydrogen) atoms. The summed E-state index contributed by atoms with van der Waals surface area (Å²) < 4.78 is 15.1. The van der Waals surface area contributed by atoms with Gasteiger partial charge in [0.2, 0.25) is 0 Å². The Hall–Kier alpha value is -1.14. The fourth-order valence-electron chi connectivity index (χ4n) is 1.53. The lowest BCUT2D eigenvalue weighted by atomic mass is 10.2. The summed E-state index contributed by atoms with van der Waals surface area (Å²) in [5.74, 6) is -0.672. The Kier molecular flexibility index (Phi) is 5.37. The van der Waals surface area contributed by atoms with Gasteiger partial charge < -0.3 is 19.1 Å². The van der Waals surface area contributed by atoms with Gasteiger partial charge in [0, 0.05) is 6.04 Å².